The molecular weight excluding hydrogens is 310 g/mol. The van der Waals surface area contributed by atoms with Crippen LogP contribution in [-0.4, -0.2) is 38.1 Å². The summed E-state index contributed by atoms with van der Waals surface area (Å²) >= 11 is 0. The highest BCUT2D eigenvalue weighted by Crippen LogP contribution is 2.39. The molecule has 0 bridgehead atoms. The molecule has 0 fully saturated rings. The number of nitrogens with two attached hydrogens (primary N) is 1. The topological polar surface area (TPSA) is 94.2 Å². The van der Waals surface area contributed by atoms with Crippen LogP contribution in [0.3, 0.4) is 0 Å². The Balaban J connectivity index is 2.35. The molecule has 0 radical (unpaired) electrons. The highest BCUT2D eigenvalue weighted by molar-refractivity contribution is 5.54. The minimum absolute atomic E-state index is 0.0284. The molecule has 0 aromatic heterocycles. The normalized spacial score (nSPS) is 11.8. The van der Waals surface area contributed by atoms with Crippen molar-refractivity contribution < 1.29 is 24.4 Å². The van der Waals surface area contributed by atoms with Crippen LogP contribution in [0.15, 0.2) is 30.3 Å². The number of rotatable bonds is 7. The monoisotopic (exact) mass is 333 g/mol. The Morgan fingerprint density at radius 2 is 1.54 bits per heavy atom. The molecule has 0 saturated carbocycles. The first-order valence-corrected chi connectivity index (χ1v) is 7.54. The predicted octanol–water partition coefficient (Wildman–Crippen LogP) is 2.41. The van der Waals surface area contributed by atoms with Crippen LogP contribution < -0.4 is 19.9 Å². The van der Waals surface area contributed by atoms with Gasteiger partial charge in [0, 0.05) is 5.92 Å². The lowest BCUT2D eigenvalue weighted by atomic mass is 9.91. The molecule has 6 heteroatoms. The van der Waals surface area contributed by atoms with E-state index in [4.69, 9.17) is 19.9 Å². The van der Waals surface area contributed by atoms with Crippen molar-refractivity contribution in [2.45, 2.75) is 12.3 Å². The van der Waals surface area contributed by atoms with Gasteiger partial charge in [-0.05, 0) is 48.4 Å². The van der Waals surface area contributed by atoms with Crippen molar-refractivity contribution >= 4 is 0 Å². The summed E-state index contributed by atoms with van der Waals surface area (Å²) in [5.41, 5.74) is 7.72. The van der Waals surface area contributed by atoms with E-state index in [1.54, 1.807) is 27.4 Å². The largest absolute Gasteiger partial charge is 0.504 e. The molecule has 0 heterocycles. The maximum atomic E-state index is 9.70. The summed E-state index contributed by atoms with van der Waals surface area (Å²) < 4.78 is 16.1. The SMILES string of the molecule is COc1cc(CC(CN)c2ccc(O)c(O)c2)cc(OC)c1OC. The fourth-order valence-electron chi connectivity index (χ4n) is 2.67. The molecule has 1 atom stereocenters. The maximum absolute atomic E-state index is 9.70. The standard InChI is InChI=1S/C18H23NO5/c1-22-16-7-11(8-17(23-2)18(16)24-3)6-13(10-19)12-4-5-14(20)15(21)9-12/h4-5,7-9,13,20-21H,6,10,19H2,1-3H3. The summed E-state index contributed by atoms with van der Waals surface area (Å²) in [7, 11) is 4.70. The quantitative estimate of drug-likeness (QED) is 0.674. The highest BCUT2D eigenvalue weighted by Gasteiger charge is 2.17. The molecule has 2 aromatic rings. The zero-order valence-corrected chi connectivity index (χ0v) is 14.1. The summed E-state index contributed by atoms with van der Waals surface area (Å²) in [5.74, 6) is 1.36. The average molecular weight is 333 g/mol. The van der Waals surface area contributed by atoms with E-state index in [0.29, 0.717) is 30.2 Å². The first-order valence-electron chi connectivity index (χ1n) is 7.54. The molecule has 0 aliphatic carbocycles. The molecule has 6 nitrogen and oxygen atoms in total. The predicted molar refractivity (Wildman–Crippen MR) is 91.4 cm³/mol. The number of hydrogen-bond acceptors (Lipinski definition) is 6. The number of ether oxygens (including phenoxy) is 3. The van der Waals surface area contributed by atoms with Gasteiger partial charge < -0.3 is 30.2 Å². The molecule has 4 N–H and O–H groups in total. The lowest BCUT2D eigenvalue weighted by Crippen LogP contribution is -2.15. The third-order valence-electron chi connectivity index (χ3n) is 3.96. The average Bonchev–Trinajstić information content (AvgIpc) is 2.61. The van der Waals surface area contributed by atoms with Crippen LogP contribution in [0.4, 0.5) is 0 Å². The van der Waals surface area contributed by atoms with Crippen molar-refractivity contribution in [3.05, 3.63) is 41.5 Å². The Morgan fingerprint density at radius 3 is 2.00 bits per heavy atom. The van der Waals surface area contributed by atoms with Gasteiger partial charge in [-0.2, -0.15) is 0 Å². The molecule has 1 unspecified atom stereocenters. The van der Waals surface area contributed by atoms with Crippen LogP contribution in [0.1, 0.15) is 17.0 Å². The van der Waals surface area contributed by atoms with Crippen LogP contribution in [0, 0.1) is 0 Å². The van der Waals surface area contributed by atoms with Crippen molar-refractivity contribution in [3.8, 4) is 28.7 Å². The molecule has 130 valence electrons. The Bertz CT molecular complexity index is 677. The van der Waals surface area contributed by atoms with Crippen molar-refractivity contribution in [3.63, 3.8) is 0 Å². The van der Waals surface area contributed by atoms with E-state index in [9.17, 15) is 10.2 Å². The van der Waals surface area contributed by atoms with Gasteiger partial charge in [0.1, 0.15) is 0 Å². The van der Waals surface area contributed by atoms with E-state index in [0.717, 1.165) is 11.1 Å². The Morgan fingerprint density at radius 1 is 0.917 bits per heavy atom. The van der Waals surface area contributed by atoms with Gasteiger partial charge in [0.05, 0.1) is 21.3 Å². The Kier molecular flexibility index (Phi) is 5.76. The molecule has 2 aromatic carbocycles. The van der Waals surface area contributed by atoms with E-state index < -0.39 is 0 Å². The first kappa shape index (κ1) is 17.7. The molecule has 2 rings (SSSR count). The molecule has 0 amide bonds. The third-order valence-corrected chi connectivity index (χ3v) is 3.96. The zero-order valence-electron chi connectivity index (χ0n) is 14.1. The maximum Gasteiger partial charge on any atom is 0.203 e. The lowest BCUT2D eigenvalue weighted by molar-refractivity contribution is 0.323. The summed E-state index contributed by atoms with van der Waals surface area (Å²) in [5, 5.41) is 19.1. The fourth-order valence-corrected chi connectivity index (χ4v) is 2.67. The van der Waals surface area contributed by atoms with Crippen LogP contribution >= 0.6 is 0 Å². The van der Waals surface area contributed by atoms with Crippen molar-refractivity contribution in [2.24, 2.45) is 5.73 Å². The highest BCUT2D eigenvalue weighted by atomic mass is 16.5. The van der Waals surface area contributed by atoms with Gasteiger partial charge in [-0.1, -0.05) is 6.07 Å². The van der Waals surface area contributed by atoms with Gasteiger partial charge in [-0.3, -0.25) is 0 Å². The second-order valence-corrected chi connectivity index (χ2v) is 5.42. The molecule has 0 spiro atoms. The van der Waals surface area contributed by atoms with Gasteiger partial charge in [0.2, 0.25) is 5.75 Å². The van der Waals surface area contributed by atoms with E-state index in [2.05, 4.69) is 0 Å². The number of aromatic hydroxyl groups is 2. The van der Waals surface area contributed by atoms with E-state index in [1.165, 1.54) is 12.1 Å². The van der Waals surface area contributed by atoms with Crippen LogP contribution in [0.5, 0.6) is 28.7 Å². The number of phenols is 2. The molecule has 0 saturated heterocycles. The number of methoxy groups -OCH3 is 3. The van der Waals surface area contributed by atoms with Crippen LogP contribution in [-0.2, 0) is 6.42 Å². The van der Waals surface area contributed by atoms with Gasteiger partial charge in [-0.15, -0.1) is 0 Å². The van der Waals surface area contributed by atoms with Gasteiger partial charge in [0.15, 0.2) is 23.0 Å². The van der Waals surface area contributed by atoms with Crippen LogP contribution in [0.25, 0.3) is 0 Å². The first-order chi connectivity index (χ1) is 11.5. The van der Waals surface area contributed by atoms with Crippen molar-refractivity contribution in [2.75, 3.05) is 27.9 Å². The minimum atomic E-state index is -0.157. The molecule has 0 aliphatic rings. The van der Waals surface area contributed by atoms with Crippen molar-refractivity contribution in [1.82, 2.24) is 0 Å². The lowest BCUT2D eigenvalue weighted by Gasteiger charge is -2.18. The van der Waals surface area contributed by atoms with E-state index >= 15 is 0 Å². The Hall–Kier alpha value is -2.60. The number of hydrogen-bond donors (Lipinski definition) is 3. The zero-order chi connectivity index (χ0) is 17.7. The summed E-state index contributed by atoms with van der Waals surface area (Å²) in [6, 6.07) is 8.51. The molecule has 0 aliphatic heterocycles. The van der Waals surface area contributed by atoms with Gasteiger partial charge >= 0.3 is 0 Å². The third kappa shape index (κ3) is 3.65. The summed E-state index contributed by atoms with van der Waals surface area (Å²) in [6.07, 6.45) is 0.622. The number of benzene rings is 2. The molecule has 24 heavy (non-hydrogen) atoms. The second-order valence-electron chi connectivity index (χ2n) is 5.42. The van der Waals surface area contributed by atoms with Gasteiger partial charge in [0.25, 0.3) is 0 Å². The minimum Gasteiger partial charge on any atom is -0.504 e. The Labute approximate surface area is 141 Å². The van der Waals surface area contributed by atoms with Gasteiger partial charge in [-0.25, -0.2) is 0 Å². The number of phenolic OH excluding ortho intramolecular Hbond substituents is 2. The summed E-state index contributed by atoms with van der Waals surface area (Å²) in [4.78, 5) is 0. The smallest absolute Gasteiger partial charge is 0.203 e. The van der Waals surface area contributed by atoms with Crippen molar-refractivity contribution in [1.29, 1.82) is 0 Å². The fraction of sp³-hybridized carbons (Fsp3) is 0.333. The second kappa shape index (κ2) is 7.79. The summed E-state index contributed by atoms with van der Waals surface area (Å²) in [6.45, 7) is 0.390. The van der Waals surface area contributed by atoms with E-state index in [1.807, 2.05) is 12.1 Å². The molecular formula is C18H23NO5. The van der Waals surface area contributed by atoms with E-state index in [-0.39, 0.29) is 17.4 Å². The van der Waals surface area contributed by atoms with Crippen LogP contribution in [0.2, 0.25) is 0 Å².